The van der Waals surface area contributed by atoms with Gasteiger partial charge in [0, 0.05) is 5.57 Å². The molecular formula is C17H21Cl4FO2Si. The summed E-state index contributed by atoms with van der Waals surface area (Å²) in [5.41, 5.74) is 0.763. The molecular weight excluding hydrogens is 425 g/mol. The van der Waals surface area contributed by atoms with Crippen LogP contribution in [0, 0.1) is 5.82 Å². The van der Waals surface area contributed by atoms with E-state index in [4.69, 9.17) is 44.8 Å². The van der Waals surface area contributed by atoms with Crippen molar-refractivity contribution >= 4 is 62.9 Å². The molecule has 1 N–H and O–H groups in total. The van der Waals surface area contributed by atoms with Crippen molar-refractivity contribution in [2.45, 2.75) is 51.0 Å². The fourth-order valence-corrected chi connectivity index (χ4v) is 4.36. The monoisotopic (exact) mass is 444 g/mol. The summed E-state index contributed by atoms with van der Waals surface area (Å²) in [6.07, 6.45) is 7.65. The Morgan fingerprint density at radius 3 is 2.24 bits per heavy atom. The smallest absolute Gasteiger partial charge is 0.341 e. The van der Waals surface area contributed by atoms with Gasteiger partial charge in [-0.2, -0.15) is 0 Å². The first kappa shape index (κ1) is 22.8. The van der Waals surface area contributed by atoms with Gasteiger partial charge in [-0.25, -0.2) is 9.18 Å². The fourth-order valence-electron chi connectivity index (χ4n) is 2.39. The molecule has 140 valence electrons. The van der Waals surface area contributed by atoms with E-state index < -0.39 is 17.8 Å². The maximum Gasteiger partial charge on any atom is 0.341 e. The van der Waals surface area contributed by atoms with E-state index in [0.29, 0.717) is 18.0 Å². The molecule has 0 heterocycles. The molecule has 0 saturated carbocycles. The van der Waals surface area contributed by atoms with Crippen LogP contribution in [0.1, 0.15) is 50.5 Å². The summed E-state index contributed by atoms with van der Waals surface area (Å²) < 4.78 is 13.4. The summed E-state index contributed by atoms with van der Waals surface area (Å²) in [5, 5.41) is 9.31. The molecule has 0 aliphatic heterocycles. The lowest BCUT2D eigenvalue weighted by molar-refractivity contribution is -0.132. The van der Waals surface area contributed by atoms with Crippen LogP contribution in [0.3, 0.4) is 0 Å². The Hall–Kier alpha value is -0.263. The molecule has 0 atom stereocenters. The van der Waals surface area contributed by atoms with E-state index in [1.54, 1.807) is 6.07 Å². The highest BCUT2D eigenvalue weighted by Crippen LogP contribution is 2.27. The van der Waals surface area contributed by atoms with Gasteiger partial charge in [0.05, 0.1) is 5.02 Å². The average molecular weight is 446 g/mol. The first-order chi connectivity index (χ1) is 11.7. The number of benzene rings is 1. The van der Waals surface area contributed by atoms with Crippen molar-refractivity contribution in [1.82, 2.24) is 0 Å². The molecule has 0 aliphatic rings. The zero-order valence-corrected chi connectivity index (χ0v) is 17.7. The third kappa shape index (κ3) is 10.5. The molecule has 1 aromatic rings. The molecule has 0 aromatic heterocycles. The number of hydrogen-bond acceptors (Lipinski definition) is 1. The predicted molar refractivity (Wildman–Crippen MR) is 107 cm³/mol. The van der Waals surface area contributed by atoms with E-state index in [0.717, 1.165) is 38.5 Å². The molecule has 0 bridgehead atoms. The average Bonchev–Trinajstić information content (AvgIpc) is 2.51. The number of carboxylic acids is 1. The van der Waals surface area contributed by atoms with E-state index >= 15 is 0 Å². The van der Waals surface area contributed by atoms with Crippen molar-refractivity contribution < 1.29 is 14.3 Å². The van der Waals surface area contributed by atoms with Crippen molar-refractivity contribution in [2.75, 3.05) is 0 Å². The molecule has 0 radical (unpaired) electrons. The van der Waals surface area contributed by atoms with E-state index in [1.165, 1.54) is 18.2 Å². The highest BCUT2D eigenvalue weighted by molar-refractivity contribution is 7.64. The number of unbranched alkanes of at least 4 members (excludes halogenated alkanes) is 5. The Kier molecular flexibility index (Phi) is 10.4. The van der Waals surface area contributed by atoms with Gasteiger partial charge in [-0.15, -0.1) is 33.2 Å². The van der Waals surface area contributed by atoms with E-state index in [2.05, 4.69) is 0 Å². The van der Waals surface area contributed by atoms with Crippen LogP contribution in [-0.2, 0) is 4.79 Å². The van der Waals surface area contributed by atoms with Crippen LogP contribution in [0.5, 0.6) is 0 Å². The zero-order valence-electron chi connectivity index (χ0n) is 13.7. The van der Waals surface area contributed by atoms with Crippen molar-refractivity contribution in [2.24, 2.45) is 0 Å². The summed E-state index contributed by atoms with van der Waals surface area (Å²) in [7, 11) is 0. The number of hydrogen-bond donors (Lipinski definition) is 1. The molecule has 0 aliphatic carbocycles. The zero-order chi connectivity index (χ0) is 18.9. The second kappa shape index (κ2) is 11.5. The summed E-state index contributed by atoms with van der Waals surface area (Å²) in [6, 6.07) is 2.44. The van der Waals surface area contributed by atoms with Gasteiger partial charge in [-0.3, -0.25) is 0 Å². The maximum absolute atomic E-state index is 13.4. The Balaban J connectivity index is 2.35. The van der Waals surface area contributed by atoms with Crippen LogP contribution in [0.2, 0.25) is 11.1 Å². The second-order valence-electron chi connectivity index (χ2n) is 5.88. The minimum atomic E-state index is -2.50. The SMILES string of the molecule is O=C(O)/C(=C/c1ccc(Cl)c(F)c1)CCCCCCCC[Si](Cl)(Cl)Cl. The van der Waals surface area contributed by atoms with Crippen LogP contribution in [-0.4, -0.2) is 17.1 Å². The summed E-state index contributed by atoms with van der Waals surface area (Å²) in [6.45, 7) is 0. The van der Waals surface area contributed by atoms with Gasteiger partial charge in [-0.1, -0.05) is 49.8 Å². The number of carbonyl (C=O) groups is 1. The molecule has 0 fully saturated rings. The molecule has 0 saturated heterocycles. The highest BCUT2D eigenvalue weighted by atomic mass is 35.8. The predicted octanol–water partition coefficient (Wildman–Crippen LogP) is 7.33. The lowest BCUT2D eigenvalue weighted by Crippen LogP contribution is -2.07. The number of rotatable bonds is 11. The van der Waals surface area contributed by atoms with Gasteiger partial charge in [0.15, 0.2) is 0 Å². The van der Waals surface area contributed by atoms with E-state index in [1.807, 2.05) is 0 Å². The molecule has 0 amide bonds. The molecule has 0 unspecified atom stereocenters. The minimum absolute atomic E-state index is 0.0198. The topological polar surface area (TPSA) is 37.3 Å². The van der Waals surface area contributed by atoms with Crippen LogP contribution in [0.4, 0.5) is 4.39 Å². The quantitative estimate of drug-likeness (QED) is 0.167. The lowest BCUT2D eigenvalue weighted by atomic mass is 10.0. The molecule has 8 heteroatoms. The molecule has 2 nitrogen and oxygen atoms in total. The minimum Gasteiger partial charge on any atom is -0.478 e. The Morgan fingerprint density at radius 1 is 1.08 bits per heavy atom. The summed E-state index contributed by atoms with van der Waals surface area (Å²) >= 11 is 23.1. The molecule has 1 aromatic carbocycles. The van der Waals surface area contributed by atoms with E-state index in [-0.39, 0.29) is 10.6 Å². The first-order valence-corrected chi connectivity index (χ1v) is 13.8. The van der Waals surface area contributed by atoms with Crippen molar-refractivity contribution in [3.63, 3.8) is 0 Å². The Bertz CT molecular complexity index is 603. The van der Waals surface area contributed by atoms with Gasteiger partial charge < -0.3 is 5.11 Å². The molecule has 0 spiro atoms. The van der Waals surface area contributed by atoms with Crippen LogP contribution < -0.4 is 0 Å². The highest BCUT2D eigenvalue weighted by Gasteiger charge is 2.23. The number of halogens is 5. The number of carboxylic acid groups (broad SMARTS) is 1. The third-order valence-electron chi connectivity index (χ3n) is 3.72. The van der Waals surface area contributed by atoms with E-state index in [9.17, 15) is 14.3 Å². The third-order valence-corrected chi connectivity index (χ3v) is 6.64. The van der Waals surface area contributed by atoms with Crippen LogP contribution >= 0.6 is 44.8 Å². The molecule has 1 rings (SSSR count). The maximum atomic E-state index is 13.4. The summed E-state index contributed by atoms with van der Waals surface area (Å²) in [4.78, 5) is 11.3. The van der Waals surface area contributed by atoms with Crippen molar-refractivity contribution in [1.29, 1.82) is 0 Å². The van der Waals surface area contributed by atoms with Gasteiger partial charge in [0.25, 0.3) is 0 Å². The standard InChI is InChI=1S/C17H21Cl4FO2Si/c18-15-9-8-13(12-16(15)22)11-14(17(23)24)7-5-3-1-2-4-6-10-25(19,20)21/h8-9,11-12H,1-7,10H2,(H,23,24)/b14-11+. The molecule has 25 heavy (non-hydrogen) atoms. The first-order valence-electron chi connectivity index (χ1n) is 8.15. The fraction of sp³-hybridized carbons (Fsp3) is 0.471. The van der Waals surface area contributed by atoms with Crippen LogP contribution in [0.15, 0.2) is 23.8 Å². The van der Waals surface area contributed by atoms with Gasteiger partial charge in [-0.05, 0) is 42.7 Å². The largest absolute Gasteiger partial charge is 0.478 e. The van der Waals surface area contributed by atoms with Gasteiger partial charge in [0.2, 0.25) is 0 Å². The van der Waals surface area contributed by atoms with Crippen LogP contribution in [0.25, 0.3) is 6.08 Å². The second-order valence-corrected chi connectivity index (χ2v) is 15.6. The van der Waals surface area contributed by atoms with Crippen molar-refractivity contribution in [3.8, 4) is 0 Å². The summed E-state index contributed by atoms with van der Waals surface area (Å²) in [5.74, 6) is -1.54. The Morgan fingerprint density at radius 2 is 1.68 bits per heavy atom. The Labute approximate surface area is 168 Å². The number of aliphatic carboxylic acids is 1. The van der Waals surface area contributed by atoms with Gasteiger partial charge in [0.1, 0.15) is 5.82 Å². The normalized spacial score (nSPS) is 12.4. The van der Waals surface area contributed by atoms with Crippen molar-refractivity contribution in [3.05, 3.63) is 40.2 Å². The lowest BCUT2D eigenvalue weighted by Gasteiger charge is -2.07. The van der Waals surface area contributed by atoms with Gasteiger partial charge >= 0.3 is 12.0 Å².